The second kappa shape index (κ2) is 10.9. The number of rotatable bonds is 7. The Bertz CT molecular complexity index is 418. The molecular formula is C16H30IN5. The second-order valence-corrected chi connectivity index (χ2v) is 5.76. The fraction of sp³-hybridized carbons (Fsp3) is 0.688. The maximum Gasteiger partial charge on any atom is 0.191 e. The zero-order valence-electron chi connectivity index (χ0n) is 13.8. The van der Waals surface area contributed by atoms with Gasteiger partial charge in [0, 0.05) is 45.6 Å². The number of nitrogens with one attached hydrogen (secondary N) is 2. The first kappa shape index (κ1) is 19.3. The van der Waals surface area contributed by atoms with E-state index in [4.69, 9.17) is 0 Å². The van der Waals surface area contributed by atoms with E-state index in [9.17, 15) is 0 Å². The molecule has 1 unspecified atom stereocenters. The van der Waals surface area contributed by atoms with Crippen molar-refractivity contribution in [2.45, 2.75) is 26.3 Å². The molecule has 6 heteroatoms. The Morgan fingerprint density at radius 3 is 2.68 bits per heavy atom. The molecule has 126 valence electrons. The van der Waals surface area contributed by atoms with E-state index in [-0.39, 0.29) is 24.0 Å². The zero-order chi connectivity index (χ0) is 14.9. The topological polar surface area (TPSA) is 44.6 Å². The molecule has 0 amide bonds. The number of hydrogen-bond donors (Lipinski definition) is 2. The first-order chi connectivity index (χ1) is 10.3. The van der Waals surface area contributed by atoms with Gasteiger partial charge >= 0.3 is 0 Å². The van der Waals surface area contributed by atoms with Gasteiger partial charge in [-0.05, 0) is 44.0 Å². The Morgan fingerprint density at radius 2 is 2.00 bits per heavy atom. The van der Waals surface area contributed by atoms with Crippen LogP contribution in [0.15, 0.2) is 29.5 Å². The van der Waals surface area contributed by atoms with Crippen molar-refractivity contribution in [1.82, 2.24) is 20.1 Å². The number of guanidine groups is 1. The molecule has 1 aromatic rings. The van der Waals surface area contributed by atoms with Crippen molar-refractivity contribution in [2.24, 2.45) is 10.9 Å². The monoisotopic (exact) mass is 419 g/mol. The molecule has 22 heavy (non-hydrogen) atoms. The highest BCUT2D eigenvalue weighted by atomic mass is 127. The first-order valence-electron chi connectivity index (χ1n) is 8.09. The third-order valence-electron chi connectivity index (χ3n) is 4.02. The Hall–Kier alpha value is -0.760. The molecule has 1 fully saturated rings. The van der Waals surface area contributed by atoms with Crippen molar-refractivity contribution >= 4 is 29.9 Å². The zero-order valence-corrected chi connectivity index (χ0v) is 16.1. The Morgan fingerprint density at radius 1 is 1.23 bits per heavy atom. The van der Waals surface area contributed by atoms with E-state index in [0.29, 0.717) is 0 Å². The van der Waals surface area contributed by atoms with Crippen molar-refractivity contribution in [2.75, 3.05) is 39.8 Å². The number of aromatic nitrogens is 1. The summed E-state index contributed by atoms with van der Waals surface area (Å²) in [5, 5.41) is 6.83. The number of aliphatic imine (C=N–C) groups is 1. The average Bonchev–Trinajstić information content (AvgIpc) is 3.15. The molecule has 1 aliphatic heterocycles. The van der Waals surface area contributed by atoms with Gasteiger partial charge in [-0.2, -0.15) is 0 Å². The van der Waals surface area contributed by atoms with E-state index in [1.807, 2.05) is 7.05 Å². The minimum atomic E-state index is 0. The van der Waals surface area contributed by atoms with Crippen LogP contribution in [0.5, 0.6) is 0 Å². The van der Waals surface area contributed by atoms with Crippen LogP contribution in [0.4, 0.5) is 0 Å². The van der Waals surface area contributed by atoms with E-state index in [1.165, 1.54) is 32.5 Å². The van der Waals surface area contributed by atoms with Gasteiger partial charge in [-0.1, -0.05) is 6.92 Å². The molecule has 1 saturated heterocycles. The highest BCUT2D eigenvalue weighted by Crippen LogP contribution is 2.15. The van der Waals surface area contributed by atoms with Crippen LogP contribution in [-0.2, 0) is 6.54 Å². The standard InChI is InChI=1S/C16H29N5.HI/c1-3-8-21-11-6-15(14-21)13-19-16(17-2)18-7-12-20-9-4-5-10-20;/h4-5,9-10,15H,3,6-8,11-14H2,1-2H3,(H2,17,18,19);1H. The quantitative estimate of drug-likeness (QED) is 0.404. The normalized spacial score (nSPS) is 19.0. The summed E-state index contributed by atoms with van der Waals surface area (Å²) >= 11 is 0. The fourth-order valence-corrected chi connectivity index (χ4v) is 2.88. The lowest BCUT2D eigenvalue weighted by atomic mass is 10.1. The minimum Gasteiger partial charge on any atom is -0.356 e. The third-order valence-corrected chi connectivity index (χ3v) is 4.02. The van der Waals surface area contributed by atoms with Crippen LogP contribution in [-0.4, -0.2) is 55.2 Å². The summed E-state index contributed by atoms with van der Waals surface area (Å²) in [6.45, 7) is 8.83. The van der Waals surface area contributed by atoms with Crippen molar-refractivity contribution in [1.29, 1.82) is 0 Å². The van der Waals surface area contributed by atoms with Gasteiger partial charge in [-0.25, -0.2) is 0 Å². The highest BCUT2D eigenvalue weighted by Gasteiger charge is 2.21. The number of halogens is 1. The molecule has 2 rings (SSSR count). The van der Waals surface area contributed by atoms with Crippen LogP contribution in [0.25, 0.3) is 0 Å². The Labute approximate surface area is 151 Å². The maximum atomic E-state index is 4.29. The van der Waals surface area contributed by atoms with Gasteiger partial charge < -0.3 is 20.1 Å². The molecule has 0 spiro atoms. The Kier molecular flexibility index (Phi) is 9.54. The second-order valence-electron chi connectivity index (χ2n) is 5.76. The maximum absolute atomic E-state index is 4.29. The van der Waals surface area contributed by atoms with E-state index >= 15 is 0 Å². The molecular weight excluding hydrogens is 389 g/mol. The molecule has 5 nitrogen and oxygen atoms in total. The average molecular weight is 419 g/mol. The largest absolute Gasteiger partial charge is 0.356 e. The predicted molar refractivity (Wildman–Crippen MR) is 104 cm³/mol. The van der Waals surface area contributed by atoms with Crippen LogP contribution in [0.3, 0.4) is 0 Å². The molecule has 0 aliphatic carbocycles. The van der Waals surface area contributed by atoms with Gasteiger partial charge in [0.05, 0.1) is 0 Å². The molecule has 0 aromatic carbocycles. The fourth-order valence-electron chi connectivity index (χ4n) is 2.88. The van der Waals surface area contributed by atoms with Crippen LogP contribution in [0.2, 0.25) is 0 Å². The number of hydrogen-bond acceptors (Lipinski definition) is 2. The van der Waals surface area contributed by atoms with E-state index in [2.05, 4.69) is 56.5 Å². The van der Waals surface area contributed by atoms with Gasteiger partial charge in [-0.15, -0.1) is 24.0 Å². The third kappa shape index (κ3) is 6.56. The van der Waals surface area contributed by atoms with Gasteiger partial charge in [0.15, 0.2) is 5.96 Å². The summed E-state index contributed by atoms with van der Waals surface area (Å²) in [7, 11) is 1.84. The van der Waals surface area contributed by atoms with Crippen LogP contribution >= 0.6 is 24.0 Å². The molecule has 0 radical (unpaired) electrons. The molecule has 1 aromatic heterocycles. The number of nitrogens with zero attached hydrogens (tertiary/aromatic N) is 3. The van der Waals surface area contributed by atoms with Crippen LogP contribution in [0.1, 0.15) is 19.8 Å². The van der Waals surface area contributed by atoms with Crippen LogP contribution < -0.4 is 10.6 Å². The van der Waals surface area contributed by atoms with E-state index in [1.54, 1.807) is 0 Å². The SMILES string of the molecule is CCCN1CCC(CNC(=NC)NCCn2cccc2)C1.I. The molecule has 1 aliphatic rings. The molecule has 0 bridgehead atoms. The lowest BCUT2D eigenvalue weighted by molar-refractivity contribution is 0.324. The van der Waals surface area contributed by atoms with Crippen molar-refractivity contribution in [3.8, 4) is 0 Å². The summed E-state index contributed by atoms with van der Waals surface area (Å²) in [5.74, 6) is 1.66. The Balaban J connectivity index is 0.00000242. The van der Waals surface area contributed by atoms with Gasteiger partial charge in [0.2, 0.25) is 0 Å². The smallest absolute Gasteiger partial charge is 0.191 e. The summed E-state index contributed by atoms with van der Waals surface area (Å²) in [4.78, 5) is 6.86. The van der Waals surface area contributed by atoms with Crippen molar-refractivity contribution in [3.63, 3.8) is 0 Å². The highest BCUT2D eigenvalue weighted by molar-refractivity contribution is 14.0. The van der Waals surface area contributed by atoms with Crippen molar-refractivity contribution < 1.29 is 0 Å². The predicted octanol–water partition coefficient (Wildman–Crippen LogP) is 2.00. The number of likely N-dealkylation sites (tertiary alicyclic amines) is 1. The summed E-state index contributed by atoms with van der Waals surface area (Å²) in [6.07, 6.45) is 6.72. The molecule has 2 heterocycles. The lowest BCUT2D eigenvalue weighted by Gasteiger charge is -2.17. The van der Waals surface area contributed by atoms with Gasteiger partial charge in [0.25, 0.3) is 0 Å². The van der Waals surface area contributed by atoms with Crippen molar-refractivity contribution in [3.05, 3.63) is 24.5 Å². The molecule has 1 atom stereocenters. The van der Waals surface area contributed by atoms with Gasteiger partial charge in [-0.3, -0.25) is 4.99 Å². The van der Waals surface area contributed by atoms with Crippen LogP contribution in [0, 0.1) is 5.92 Å². The summed E-state index contributed by atoms with van der Waals surface area (Å²) < 4.78 is 2.17. The lowest BCUT2D eigenvalue weighted by Crippen LogP contribution is -2.41. The molecule has 0 saturated carbocycles. The van der Waals surface area contributed by atoms with E-state index in [0.717, 1.165) is 31.5 Å². The summed E-state index contributed by atoms with van der Waals surface area (Å²) in [5.41, 5.74) is 0. The minimum absolute atomic E-state index is 0. The summed E-state index contributed by atoms with van der Waals surface area (Å²) in [6, 6.07) is 4.10. The van der Waals surface area contributed by atoms with Gasteiger partial charge in [0.1, 0.15) is 0 Å². The molecule has 2 N–H and O–H groups in total. The van der Waals surface area contributed by atoms with E-state index < -0.39 is 0 Å². The first-order valence-corrected chi connectivity index (χ1v) is 8.09.